The van der Waals surface area contributed by atoms with Crippen molar-refractivity contribution in [3.05, 3.63) is 215 Å². The van der Waals surface area contributed by atoms with Crippen molar-refractivity contribution in [3.8, 4) is 45.4 Å². The van der Waals surface area contributed by atoms with Crippen LogP contribution >= 0.6 is 0 Å². The average Bonchev–Trinajstić information content (AvgIpc) is 0.745. The Balaban J connectivity index is 0.000000372. The fourth-order valence-electron chi connectivity index (χ4n) is 13.4. The summed E-state index contributed by atoms with van der Waals surface area (Å²) in [6.07, 6.45) is 1.82. The summed E-state index contributed by atoms with van der Waals surface area (Å²) >= 11 is 0. The minimum absolute atomic E-state index is 0. The molecule has 0 saturated carbocycles. The molecule has 3 aromatic heterocycles. The molecule has 0 aliphatic carbocycles. The SMILES string of the molecule is CC(C)(C)c1ccc2c(c1)Oc1cc(C(C)(C)C)cc3c1N2c1cc(-c2ccc4nc5c6[c-]cccc6c6ccccc6n5c4c2)cc2c1B3c1cc(C(C)(C)C)cc3c1N2c1ccc(C(C)(C)C)cc1O3.Cc1cnc(-c2[c-]cc(F)cc2)cc1C.[Ir]. The van der Waals surface area contributed by atoms with Crippen molar-refractivity contribution in [1.82, 2.24) is 14.4 Å². The second-order valence-corrected chi connectivity index (χ2v) is 28.5. The molecule has 10 heteroatoms. The van der Waals surface area contributed by atoms with Crippen LogP contribution in [0.5, 0.6) is 23.0 Å². The summed E-state index contributed by atoms with van der Waals surface area (Å²) in [5, 5.41) is 3.36. The van der Waals surface area contributed by atoms with Gasteiger partial charge in [-0.15, -0.1) is 59.5 Å². The Bertz CT molecular complexity index is 4760. The van der Waals surface area contributed by atoms with E-state index in [0.717, 1.165) is 118 Å². The molecular formula is C78H69BFIrN5O2-2. The van der Waals surface area contributed by atoms with E-state index in [9.17, 15) is 4.39 Å². The number of anilines is 6. The molecule has 12 aromatic rings. The fraction of sp³-hybridized carbons (Fsp3) is 0.231. The summed E-state index contributed by atoms with van der Waals surface area (Å²) in [6.45, 7) is 31.5. The number of para-hydroxylation sites is 1. The van der Waals surface area contributed by atoms with E-state index >= 15 is 0 Å². The number of benzene rings is 9. The van der Waals surface area contributed by atoms with Gasteiger partial charge in [-0.3, -0.25) is 9.37 Å². The summed E-state index contributed by atoms with van der Waals surface area (Å²) in [5.41, 5.74) is 25.1. The smallest absolute Gasteiger partial charge is 0.252 e. The Labute approximate surface area is 529 Å². The van der Waals surface area contributed by atoms with Crippen molar-refractivity contribution >= 4 is 95.6 Å². The van der Waals surface area contributed by atoms with E-state index in [1.54, 1.807) is 6.07 Å². The van der Waals surface area contributed by atoms with Gasteiger partial charge in [0.05, 0.1) is 39.4 Å². The third kappa shape index (κ3) is 9.06. The van der Waals surface area contributed by atoms with Gasteiger partial charge in [-0.25, -0.2) is 0 Å². The van der Waals surface area contributed by atoms with Gasteiger partial charge in [0.25, 0.3) is 6.71 Å². The number of rotatable bonds is 2. The van der Waals surface area contributed by atoms with Crippen molar-refractivity contribution < 1.29 is 34.0 Å². The molecule has 0 saturated heterocycles. The van der Waals surface area contributed by atoms with Crippen LogP contribution in [0, 0.1) is 31.8 Å². The van der Waals surface area contributed by atoms with Crippen molar-refractivity contribution in [3.63, 3.8) is 0 Å². The van der Waals surface area contributed by atoms with Crippen LogP contribution in [0.2, 0.25) is 0 Å². The van der Waals surface area contributed by atoms with Gasteiger partial charge >= 0.3 is 0 Å². The molecule has 0 spiro atoms. The van der Waals surface area contributed by atoms with Crippen molar-refractivity contribution in [2.75, 3.05) is 9.80 Å². The number of aromatic nitrogens is 3. The van der Waals surface area contributed by atoms with Crippen LogP contribution in [-0.2, 0) is 41.8 Å². The first kappa shape index (κ1) is 57.2. The standard InChI is InChI=1S/C65H58BN4O2.C13H11FN.Ir/c1-62(2,3)38-22-25-49-54(32-38)71-56-34-40(64(7,8)9)30-45-59(56)68(49)52-28-37(36-21-24-47-51(27-36)70-48-20-16-15-18-43(48)42-17-13-14-19-44(42)61(70)67-47)29-53-58(52)66(45)46-31-41(65(10,11)12)35-57-60(46)69(53)50-26-23-39(63(4,5)6)33-55(50)72-57;1-9-7-13(15-8-10(9)2)11-3-5-12(14)6-4-11;/h13-18,20-35H,1-12H3;3,5-8H,1-2H3;/q2*-1;. The molecule has 9 aromatic carbocycles. The van der Waals surface area contributed by atoms with Crippen LogP contribution in [0.1, 0.15) is 116 Å². The molecule has 7 nitrogen and oxygen atoms in total. The van der Waals surface area contributed by atoms with Crippen LogP contribution in [0.15, 0.2) is 164 Å². The first-order valence-electron chi connectivity index (χ1n) is 30.4. The number of hydrogen-bond acceptors (Lipinski definition) is 6. The maximum Gasteiger partial charge on any atom is 0.252 e. The zero-order valence-electron chi connectivity index (χ0n) is 52.4. The molecule has 4 aliphatic heterocycles. The van der Waals surface area contributed by atoms with Gasteiger partial charge in [-0.05, 0) is 169 Å². The van der Waals surface area contributed by atoms with Gasteiger partial charge < -0.3 is 28.7 Å². The predicted molar refractivity (Wildman–Crippen MR) is 359 cm³/mol. The number of fused-ring (bicyclic) bond motifs is 16. The molecule has 4 aliphatic rings. The van der Waals surface area contributed by atoms with Gasteiger partial charge in [0.15, 0.2) is 23.0 Å². The van der Waals surface area contributed by atoms with E-state index in [0.29, 0.717) is 0 Å². The van der Waals surface area contributed by atoms with Gasteiger partial charge in [-0.2, -0.15) is 0 Å². The number of aryl methyl sites for hydroxylation is 2. The maximum absolute atomic E-state index is 12.7. The molecule has 16 rings (SSSR count). The zero-order valence-corrected chi connectivity index (χ0v) is 54.8. The minimum Gasteiger partial charge on any atom is -0.453 e. The van der Waals surface area contributed by atoms with Crippen molar-refractivity contribution in [1.29, 1.82) is 0 Å². The number of ether oxygens (including phenoxy) is 2. The quantitative estimate of drug-likeness (QED) is 0.0977. The van der Waals surface area contributed by atoms with E-state index in [1.165, 1.54) is 61.7 Å². The predicted octanol–water partition coefficient (Wildman–Crippen LogP) is 19.0. The second kappa shape index (κ2) is 20.0. The Kier molecular flexibility index (Phi) is 13.0. The third-order valence-corrected chi connectivity index (χ3v) is 18.4. The Morgan fingerprint density at radius 2 is 1.07 bits per heavy atom. The summed E-state index contributed by atoms with van der Waals surface area (Å²) in [5.74, 6) is 3.23. The van der Waals surface area contributed by atoms with E-state index in [-0.39, 0.29) is 54.3 Å². The van der Waals surface area contributed by atoms with Crippen molar-refractivity contribution in [2.45, 2.75) is 119 Å². The van der Waals surface area contributed by atoms with E-state index in [2.05, 4.69) is 242 Å². The minimum atomic E-state index is -0.275. The van der Waals surface area contributed by atoms with Crippen LogP contribution in [0.25, 0.3) is 60.7 Å². The van der Waals surface area contributed by atoms with Crippen LogP contribution in [-0.4, -0.2) is 21.1 Å². The zero-order chi connectivity index (χ0) is 60.5. The van der Waals surface area contributed by atoms with Gasteiger partial charge in [0.1, 0.15) is 0 Å². The van der Waals surface area contributed by atoms with E-state index in [4.69, 9.17) is 14.5 Å². The van der Waals surface area contributed by atoms with Gasteiger partial charge in [0, 0.05) is 49.0 Å². The van der Waals surface area contributed by atoms with Crippen LogP contribution < -0.4 is 35.7 Å². The number of pyridine rings is 2. The topological polar surface area (TPSA) is 55.1 Å². The molecule has 0 N–H and O–H groups in total. The van der Waals surface area contributed by atoms with Crippen molar-refractivity contribution in [2.24, 2.45) is 0 Å². The fourth-order valence-corrected chi connectivity index (χ4v) is 13.4. The second-order valence-electron chi connectivity index (χ2n) is 28.5. The molecule has 0 atom stereocenters. The number of hydrogen-bond donors (Lipinski definition) is 0. The molecular weight excluding hydrogens is 1260 g/mol. The van der Waals surface area contributed by atoms with Gasteiger partial charge in [-0.1, -0.05) is 149 Å². The van der Waals surface area contributed by atoms with E-state index < -0.39 is 0 Å². The Morgan fingerprint density at radius 3 is 1.62 bits per heavy atom. The first-order chi connectivity index (χ1) is 41.4. The molecule has 7 heterocycles. The maximum atomic E-state index is 12.7. The molecule has 0 amide bonds. The average molecular weight is 1330 g/mol. The number of imidazole rings is 1. The van der Waals surface area contributed by atoms with Crippen LogP contribution in [0.3, 0.4) is 0 Å². The Hall–Kier alpha value is -8.56. The summed E-state index contributed by atoms with van der Waals surface area (Å²) in [6, 6.07) is 62.8. The number of halogens is 1. The molecule has 88 heavy (non-hydrogen) atoms. The number of nitrogens with zero attached hydrogens (tertiary/aromatic N) is 5. The molecule has 0 fully saturated rings. The first-order valence-corrected chi connectivity index (χ1v) is 30.4. The largest absolute Gasteiger partial charge is 0.453 e. The molecule has 0 bridgehead atoms. The summed E-state index contributed by atoms with van der Waals surface area (Å²) in [7, 11) is 0. The van der Waals surface area contributed by atoms with Gasteiger partial charge in [0.2, 0.25) is 0 Å². The van der Waals surface area contributed by atoms with Crippen LogP contribution in [0.4, 0.5) is 38.5 Å². The molecule has 1 radical (unpaired) electrons. The van der Waals surface area contributed by atoms with E-state index in [1.807, 2.05) is 32.2 Å². The monoisotopic (exact) mass is 1330 g/mol. The normalized spacial score (nSPS) is 13.6. The molecule has 439 valence electrons. The molecule has 0 unspecified atom stereocenters. The third-order valence-electron chi connectivity index (χ3n) is 18.4. The Morgan fingerprint density at radius 1 is 0.500 bits per heavy atom. The summed E-state index contributed by atoms with van der Waals surface area (Å²) in [4.78, 5) is 14.7. The summed E-state index contributed by atoms with van der Waals surface area (Å²) < 4.78 is 29.5.